The number of amides is 1. The average Bonchev–Trinajstić information content (AvgIpc) is 2.45. The zero-order valence-corrected chi connectivity index (χ0v) is 12.6. The second kappa shape index (κ2) is 6.31. The molecule has 3 N–H and O–H groups in total. The molecule has 0 aliphatic rings. The van der Waals surface area contributed by atoms with E-state index < -0.39 is 0 Å². The molecule has 4 nitrogen and oxygen atoms in total. The van der Waals surface area contributed by atoms with Gasteiger partial charge in [-0.2, -0.15) is 0 Å². The maximum atomic E-state index is 12.2. The Balaban J connectivity index is 2.17. The summed E-state index contributed by atoms with van der Waals surface area (Å²) < 4.78 is 5.43. The highest BCUT2D eigenvalue weighted by Crippen LogP contribution is 2.22. The van der Waals surface area contributed by atoms with Crippen molar-refractivity contribution in [2.45, 2.75) is 20.8 Å². The Hall–Kier alpha value is -2.49. The van der Waals surface area contributed by atoms with E-state index in [0.717, 1.165) is 22.6 Å². The molecule has 2 aromatic rings. The van der Waals surface area contributed by atoms with Crippen LogP contribution in [-0.4, -0.2) is 12.5 Å². The van der Waals surface area contributed by atoms with Crippen LogP contribution in [0.5, 0.6) is 5.75 Å². The SMILES string of the molecule is CCOc1ccc(NC(=O)c2ccc(C)c(N)c2)c(C)c1. The van der Waals surface area contributed by atoms with Crippen molar-refractivity contribution in [1.82, 2.24) is 0 Å². The van der Waals surface area contributed by atoms with Gasteiger partial charge in [-0.1, -0.05) is 6.07 Å². The van der Waals surface area contributed by atoms with E-state index in [-0.39, 0.29) is 5.91 Å². The summed E-state index contributed by atoms with van der Waals surface area (Å²) in [6, 6.07) is 10.9. The second-order valence-electron chi connectivity index (χ2n) is 4.94. The van der Waals surface area contributed by atoms with Gasteiger partial charge in [0.05, 0.1) is 6.61 Å². The molecule has 2 rings (SSSR count). The van der Waals surface area contributed by atoms with Crippen LogP contribution in [0, 0.1) is 13.8 Å². The number of anilines is 2. The quantitative estimate of drug-likeness (QED) is 0.844. The van der Waals surface area contributed by atoms with Crippen molar-refractivity contribution in [3.63, 3.8) is 0 Å². The molecule has 0 unspecified atom stereocenters. The standard InChI is InChI=1S/C17H20N2O2/c1-4-21-14-7-8-16(12(3)9-14)19-17(20)13-6-5-11(2)15(18)10-13/h5-10H,4,18H2,1-3H3,(H,19,20). The first-order chi connectivity index (χ1) is 10.0. The fourth-order valence-electron chi connectivity index (χ4n) is 2.01. The maximum Gasteiger partial charge on any atom is 0.255 e. The van der Waals surface area contributed by atoms with E-state index in [1.165, 1.54) is 0 Å². The Kier molecular flexibility index (Phi) is 4.48. The molecule has 0 saturated carbocycles. The van der Waals surface area contributed by atoms with Gasteiger partial charge in [0.1, 0.15) is 5.75 Å². The summed E-state index contributed by atoms with van der Waals surface area (Å²) in [6.45, 7) is 6.40. The molecule has 0 aliphatic heterocycles. The first kappa shape index (κ1) is 14.9. The normalized spacial score (nSPS) is 10.2. The van der Waals surface area contributed by atoms with Crippen LogP contribution in [0.3, 0.4) is 0 Å². The summed E-state index contributed by atoms with van der Waals surface area (Å²) in [6.07, 6.45) is 0. The molecule has 110 valence electrons. The summed E-state index contributed by atoms with van der Waals surface area (Å²) in [7, 11) is 0. The molecular weight excluding hydrogens is 264 g/mol. The number of rotatable bonds is 4. The van der Waals surface area contributed by atoms with Crippen LogP contribution in [0.15, 0.2) is 36.4 Å². The van der Waals surface area contributed by atoms with Gasteiger partial charge in [0, 0.05) is 16.9 Å². The minimum absolute atomic E-state index is 0.172. The molecule has 0 atom stereocenters. The minimum Gasteiger partial charge on any atom is -0.494 e. The third kappa shape index (κ3) is 3.54. The lowest BCUT2D eigenvalue weighted by atomic mass is 10.1. The van der Waals surface area contributed by atoms with Crippen LogP contribution in [0.4, 0.5) is 11.4 Å². The van der Waals surface area contributed by atoms with Crippen LogP contribution >= 0.6 is 0 Å². The van der Waals surface area contributed by atoms with Gasteiger partial charge in [-0.25, -0.2) is 0 Å². The van der Waals surface area contributed by atoms with Crippen molar-refractivity contribution in [2.75, 3.05) is 17.7 Å². The molecule has 0 aromatic heterocycles. The van der Waals surface area contributed by atoms with Crippen molar-refractivity contribution in [3.05, 3.63) is 53.1 Å². The number of benzene rings is 2. The molecule has 21 heavy (non-hydrogen) atoms. The van der Waals surface area contributed by atoms with Gasteiger partial charge in [-0.15, -0.1) is 0 Å². The molecule has 0 aliphatic carbocycles. The van der Waals surface area contributed by atoms with E-state index in [0.29, 0.717) is 17.9 Å². The molecular formula is C17H20N2O2. The number of carbonyl (C=O) groups is 1. The predicted octanol–water partition coefficient (Wildman–Crippen LogP) is 3.54. The van der Waals surface area contributed by atoms with E-state index >= 15 is 0 Å². The third-order valence-corrected chi connectivity index (χ3v) is 3.30. The Morgan fingerprint density at radius 3 is 2.52 bits per heavy atom. The van der Waals surface area contributed by atoms with E-state index in [2.05, 4.69) is 5.32 Å². The number of carbonyl (C=O) groups excluding carboxylic acids is 1. The Labute approximate surface area is 124 Å². The van der Waals surface area contributed by atoms with Crippen LogP contribution < -0.4 is 15.8 Å². The van der Waals surface area contributed by atoms with Crippen molar-refractivity contribution in [2.24, 2.45) is 0 Å². The molecule has 0 spiro atoms. The highest BCUT2D eigenvalue weighted by molar-refractivity contribution is 6.05. The fraction of sp³-hybridized carbons (Fsp3) is 0.235. The number of nitrogen functional groups attached to an aromatic ring is 1. The predicted molar refractivity (Wildman–Crippen MR) is 85.9 cm³/mol. The molecule has 0 bridgehead atoms. The average molecular weight is 284 g/mol. The van der Waals surface area contributed by atoms with Gasteiger partial charge in [-0.05, 0) is 62.2 Å². The van der Waals surface area contributed by atoms with E-state index in [4.69, 9.17) is 10.5 Å². The minimum atomic E-state index is -0.172. The smallest absolute Gasteiger partial charge is 0.255 e. The number of hydrogen-bond acceptors (Lipinski definition) is 3. The van der Waals surface area contributed by atoms with Gasteiger partial charge in [0.2, 0.25) is 0 Å². The number of ether oxygens (including phenoxy) is 1. The number of aryl methyl sites for hydroxylation is 2. The Morgan fingerprint density at radius 1 is 1.14 bits per heavy atom. The highest BCUT2D eigenvalue weighted by atomic mass is 16.5. The van der Waals surface area contributed by atoms with Gasteiger partial charge >= 0.3 is 0 Å². The van der Waals surface area contributed by atoms with Gasteiger partial charge < -0.3 is 15.8 Å². The molecule has 1 amide bonds. The molecule has 0 fully saturated rings. The Morgan fingerprint density at radius 2 is 1.90 bits per heavy atom. The molecule has 0 heterocycles. The van der Waals surface area contributed by atoms with Gasteiger partial charge in [-0.3, -0.25) is 4.79 Å². The van der Waals surface area contributed by atoms with Crippen molar-refractivity contribution >= 4 is 17.3 Å². The monoisotopic (exact) mass is 284 g/mol. The lowest BCUT2D eigenvalue weighted by Crippen LogP contribution is -2.13. The van der Waals surface area contributed by atoms with Crippen molar-refractivity contribution < 1.29 is 9.53 Å². The topological polar surface area (TPSA) is 64.3 Å². The van der Waals surface area contributed by atoms with Crippen LogP contribution in [-0.2, 0) is 0 Å². The summed E-state index contributed by atoms with van der Waals surface area (Å²) >= 11 is 0. The van der Waals surface area contributed by atoms with Gasteiger partial charge in [0.15, 0.2) is 0 Å². The van der Waals surface area contributed by atoms with Crippen LogP contribution in [0.2, 0.25) is 0 Å². The van der Waals surface area contributed by atoms with Crippen LogP contribution in [0.25, 0.3) is 0 Å². The number of nitrogens with one attached hydrogen (secondary N) is 1. The first-order valence-corrected chi connectivity index (χ1v) is 6.92. The molecule has 4 heteroatoms. The summed E-state index contributed by atoms with van der Waals surface area (Å²) in [4.78, 5) is 12.2. The Bertz CT molecular complexity index is 666. The summed E-state index contributed by atoms with van der Waals surface area (Å²) in [5.74, 6) is 0.626. The molecule has 0 saturated heterocycles. The second-order valence-corrected chi connectivity index (χ2v) is 4.94. The maximum absolute atomic E-state index is 12.2. The lowest BCUT2D eigenvalue weighted by Gasteiger charge is -2.11. The fourth-order valence-corrected chi connectivity index (χ4v) is 2.01. The lowest BCUT2D eigenvalue weighted by molar-refractivity contribution is 0.102. The highest BCUT2D eigenvalue weighted by Gasteiger charge is 2.09. The molecule has 0 radical (unpaired) electrons. The van der Waals surface area contributed by atoms with Crippen molar-refractivity contribution in [3.8, 4) is 5.75 Å². The number of hydrogen-bond donors (Lipinski definition) is 2. The largest absolute Gasteiger partial charge is 0.494 e. The van der Waals surface area contributed by atoms with E-state index in [9.17, 15) is 4.79 Å². The van der Waals surface area contributed by atoms with E-state index in [1.807, 2.05) is 45.0 Å². The molecule has 2 aromatic carbocycles. The van der Waals surface area contributed by atoms with Gasteiger partial charge in [0.25, 0.3) is 5.91 Å². The zero-order chi connectivity index (χ0) is 15.4. The number of nitrogens with two attached hydrogens (primary N) is 1. The summed E-state index contributed by atoms with van der Waals surface area (Å²) in [5.41, 5.74) is 9.68. The first-order valence-electron chi connectivity index (χ1n) is 6.92. The zero-order valence-electron chi connectivity index (χ0n) is 12.6. The summed E-state index contributed by atoms with van der Waals surface area (Å²) in [5, 5.41) is 2.89. The van der Waals surface area contributed by atoms with Crippen molar-refractivity contribution in [1.29, 1.82) is 0 Å². The third-order valence-electron chi connectivity index (χ3n) is 3.30. The van der Waals surface area contributed by atoms with Crippen LogP contribution in [0.1, 0.15) is 28.4 Å². The van der Waals surface area contributed by atoms with E-state index in [1.54, 1.807) is 12.1 Å².